The Balaban J connectivity index is 3.79. The van der Waals surface area contributed by atoms with Crippen LogP contribution >= 0.6 is 0 Å². The van der Waals surface area contributed by atoms with Crippen molar-refractivity contribution in [3.8, 4) is 0 Å². The Hall–Kier alpha value is -2.17. The summed E-state index contributed by atoms with van der Waals surface area (Å²) in [7, 11) is 0. The van der Waals surface area contributed by atoms with Crippen LogP contribution in [-0.2, 0) is 9.68 Å². The number of aliphatic carboxylic acids is 1. The van der Waals surface area contributed by atoms with Crippen LogP contribution in [0, 0.1) is 0 Å². The number of allylic oxidation sites excluding steroid dienone is 11. The summed E-state index contributed by atoms with van der Waals surface area (Å²) >= 11 is 0. The Morgan fingerprint density at radius 2 is 1.38 bits per heavy atom. The van der Waals surface area contributed by atoms with Gasteiger partial charge in [0.1, 0.15) is 0 Å². The van der Waals surface area contributed by atoms with Gasteiger partial charge in [0.05, 0.1) is 6.10 Å². The van der Waals surface area contributed by atoms with E-state index in [1.54, 1.807) is 12.2 Å². The third-order valence-corrected chi connectivity index (χ3v) is 3.55. The van der Waals surface area contributed by atoms with E-state index in [0.29, 0.717) is 0 Å². The topological polar surface area (TPSA) is 66.8 Å². The molecule has 4 nitrogen and oxygen atoms in total. The maximum Gasteiger partial charge on any atom is 0.328 e. The molecule has 144 valence electrons. The minimum absolute atomic E-state index is 0.0334. The van der Waals surface area contributed by atoms with Crippen molar-refractivity contribution in [3.63, 3.8) is 0 Å². The predicted molar refractivity (Wildman–Crippen MR) is 108 cm³/mol. The molecule has 0 bridgehead atoms. The highest BCUT2D eigenvalue weighted by atomic mass is 17.1. The second-order valence-corrected chi connectivity index (χ2v) is 5.82. The molecule has 4 heteroatoms. The van der Waals surface area contributed by atoms with Gasteiger partial charge in [0.25, 0.3) is 0 Å². The summed E-state index contributed by atoms with van der Waals surface area (Å²) in [5.74, 6) is -0.953. The molecule has 0 aromatic rings. The van der Waals surface area contributed by atoms with E-state index < -0.39 is 5.97 Å². The average molecular weight is 360 g/mol. The lowest BCUT2D eigenvalue weighted by Crippen LogP contribution is -2.10. The van der Waals surface area contributed by atoms with Crippen LogP contribution in [0.5, 0.6) is 0 Å². The van der Waals surface area contributed by atoms with E-state index in [2.05, 4.69) is 17.9 Å². The van der Waals surface area contributed by atoms with E-state index in [-0.39, 0.29) is 6.10 Å². The second-order valence-electron chi connectivity index (χ2n) is 5.82. The third-order valence-electron chi connectivity index (χ3n) is 3.55. The Morgan fingerprint density at radius 3 is 1.92 bits per heavy atom. The van der Waals surface area contributed by atoms with Crippen LogP contribution in [-0.4, -0.2) is 22.4 Å². The molecule has 0 saturated heterocycles. The number of carboxylic acids is 1. The Kier molecular flexibility index (Phi) is 17.6. The lowest BCUT2D eigenvalue weighted by molar-refractivity contribution is -0.281. The molecule has 0 aromatic heterocycles. The molecule has 0 saturated carbocycles. The molecule has 1 unspecified atom stereocenters. The van der Waals surface area contributed by atoms with Crippen molar-refractivity contribution in [2.75, 3.05) is 0 Å². The van der Waals surface area contributed by atoms with Crippen molar-refractivity contribution in [1.29, 1.82) is 0 Å². The van der Waals surface area contributed by atoms with Crippen LogP contribution in [0.1, 0.15) is 51.9 Å². The first-order valence-corrected chi connectivity index (χ1v) is 9.23. The molecule has 0 aliphatic heterocycles. The van der Waals surface area contributed by atoms with Crippen LogP contribution in [0.2, 0.25) is 0 Å². The lowest BCUT2D eigenvalue weighted by atomic mass is 10.1. The fourth-order valence-electron chi connectivity index (χ4n) is 2.16. The molecule has 0 amide bonds. The van der Waals surface area contributed by atoms with Gasteiger partial charge in [-0.1, -0.05) is 93.0 Å². The first-order chi connectivity index (χ1) is 12.7. The van der Waals surface area contributed by atoms with Gasteiger partial charge < -0.3 is 5.11 Å². The van der Waals surface area contributed by atoms with E-state index in [0.717, 1.165) is 38.2 Å². The van der Waals surface area contributed by atoms with Gasteiger partial charge in [-0.15, -0.1) is 0 Å². The predicted octanol–water partition coefficient (Wildman–Crippen LogP) is 6.02. The van der Waals surface area contributed by atoms with Crippen LogP contribution in [0.25, 0.3) is 0 Å². The zero-order chi connectivity index (χ0) is 19.3. The number of carboxylic acid groups (broad SMARTS) is 1. The molecular formula is C22H32O4. The Bertz CT molecular complexity index is 510. The van der Waals surface area contributed by atoms with Gasteiger partial charge in [-0.2, -0.15) is 0 Å². The monoisotopic (exact) mass is 360 g/mol. The molecule has 0 spiro atoms. The Labute approximate surface area is 157 Å². The molecule has 0 aliphatic rings. The van der Waals surface area contributed by atoms with E-state index in [4.69, 9.17) is 10.4 Å². The molecule has 1 atom stereocenters. The van der Waals surface area contributed by atoms with Gasteiger partial charge in [-0.3, -0.25) is 5.26 Å². The van der Waals surface area contributed by atoms with E-state index in [9.17, 15) is 4.79 Å². The van der Waals surface area contributed by atoms with E-state index >= 15 is 0 Å². The van der Waals surface area contributed by atoms with E-state index in [1.165, 1.54) is 18.9 Å². The molecular weight excluding hydrogens is 328 g/mol. The second kappa shape index (κ2) is 19.2. The summed E-state index contributed by atoms with van der Waals surface area (Å²) in [4.78, 5) is 14.8. The first kappa shape index (κ1) is 23.8. The minimum Gasteiger partial charge on any atom is -0.478 e. The van der Waals surface area contributed by atoms with Gasteiger partial charge in [-0.05, 0) is 25.7 Å². The maximum absolute atomic E-state index is 10.2. The van der Waals surface area contributed by atoms with Crippen LogP contribution in [0.4, 0.5) is 0 Å². The highest BCUT2D eigenvalue weighted by molar-refractivity contribution is 5.80. The molecule has 0 aliphatic carbocycles. The molecule has 0 aromatic carbocycles. The quantitative estimate of drug-likeness (QED) is 0.123. The van der Waals surface area contributed by atoms with Crippen LogP contribution < -0.4 is 0 Å². The van der Waals surface area contributed by atoms with Crippen molar-refractivity contribution in [2.45, 2.75) is 58.0 Å². The van der Waals surface area contributed by atoms with E-state index in [1.807, 2.05) is 42.5 Å². The van der Waals surface area contributed by atoms with Crippen LogP contribution in [0.15, 0.2) is 72.9 Å². The molecule has 0 rings (SSSR count). The summed E-state index contributed by atoms with van der Waals surface area (Å²) in [6, 6.07) is 0. The highest BCUT2D eigenvalue weighted by Crippen LogP contribution is 2.12. The van der Waals surface area contributed by atoms with Crippen molar-refractivity contribution < 1.29 is 20.0 Å². The first-order valence-electron chi connectivity index (χ1n) is 9.23. The standard InChI is InChI=1S/C22H32O4/c1-2-3-15-18-21(26-25)19-16-13-11-9-7-5-4-6-8-10-12-14-17-20-22(23)24/h4-12,14,17,20-21,25H,2-3,13,15-16,18-19H2,1H3,(H,23,24)/b6-4+,7-5+,10-8+,11-9+,14-12+,20-17+. The Morgan fingerprint density at radius 1 is 0.846 bits per heavy atom. The van der Waals surface area contributed by atoms with Gasteiger partial charge in [-0.25, -0.2) is 9.68 Å². The van der Waals surface area contributed by atoms with Gasteiger partial charge in [0.15, 0.2) is 0 Å². The number of unbranched alkanes of at least 4 members (excludes halogenated alkanes) is 3. The fourth-order valence-corrected chi connectivity index (χ4v) is 2.16. The van der Waals surface area contributed by atoms with Crippen molar-refractivity contribution in [2.24, 2.45) is 0 Å². The zero-order valence-corrected chi connectivity index (χ0v) is 15.7. The average Bonchev–Trinajstić information content (AvgIpc) is 2.63. The van der Waals surface area contributed by atoms with Crippen molar-refractivity contribution in [3.05, 3.63) is 72.9 Å². The normalized spacial score (nSPS) is 14.2. The third kappa shape index (κ3) is 18.2. The van der Waals surface area contributed by atoms with Crippen molar-refractivity contribution >= 4 is 5.97 Å². The van der Waals surface area contributed by atoms with Crippen LogP contribution in [0.3, 0.4) is 0 Å². The summed E-state index contributed by atoms with van der Waals surface area (Å²) in [6.45, 7) is 2.17. The maximum atomic E-state index is 10.2. The minimum atomic E-state index is -0.953. The summed E-state index contributed by atoms with van der Waals surface area (Å²) < 4.78 is 0. The van der Waals surface area contributed by atoms with Gasteiger partial charge >= 0.3 is 5.97 Å². The molecule has 0 radical (unpaired) electrons. The largest absolute Gasteiger partial charge is 0.478 e. The number of rotatable bonds is 15. The van der Waals surface area contributed by atoms with Crippen molar-refractivity contribution in [1.82, 2.24) is 0 Å². The van der Waals surface area contributed by atoms with Gasteiger partial charge in [0, 0.05) is 6.08 Å². The summed E-state index contributed by atoms with van der Waals surface area (Å²) in [5, 5.41) is 17.3. The zero-order valence-electron chi connectivity index (χ0n) is 15.7. The number of hydrogen-bond acceptors (Lipinski definition) is 3. The summed E-state index contributed by atoms with van der Waals surface area (Å²) in [6.07, 6.45) is 28.7. The lowest BCUT2D eigenvalue weighted by Gasteiger charge is -2.11. The molecule has 0 heterocycles. The summed E-state index contributed by atoms with van der Waals surface area (Å²) in [5.41, 5.74) is 0. The number of carbonyl (C=O) groups is 1. The SMILES string of the molecule is CCCCCC(CCC/C=C/C=C/C=C/C=C/C=C/C=C/C(=O)O)OO. The smallest absolute Gasteiger partial charge is 0.328 e. The molecule has 0 fully saturated rings. The fraction of sp³-hybridized carbons (Fsp3) is 0.409. The molecule has 26 heavy (non-hydrogen) atoms. The molecule has 2 N–H and O–H groups in total. The highest BCUT2D eigenvalue weighted by Gasteiger charge is 2.07. The number of hydrogen-bond donors (Lipinski definition) is 2. The van der Waals surface area contributed by atoms with Gasteiger partial charge in [0.2, 0.25) is 0 Å².